The average Bonchev–Trinajstić information content (AvgIpc) is 2.14. The molecule has 1 rings (SSSR count). The van der Waals surface area contributed by atoms with Crippen LogP contribution in [0.4, 0.5) is 4.39 Å². The highest BCUT2D eigenvalue weighted by Crippen LogP contribution is 2.11. The van der Waals surface area contributed by atoms with Gasteiger partial charge in [0.05, 0.1) is 0 Å². The van der Waals surface area contributed by atoms with E-state index >= 15 is 0 Å². The maximum Gasteiger partial charge on any atom is 0.126 e. The molecule has 0 saturated heterocycles. The maximum atomic E-state index is 12.6. The molecule has 0 aliphatic heterocycles. The fraction of sp³-hybridized carbons (Fsp3) is 0.333. The highest BCUT2D eigenvalue weighted by atomic mass is 19.1. The lowest BCUT2D eigenvalue weighted by atomic mass is 10.3. The van der Waals surface area contributed by atoms with E-state index in [2.05, 4.69) is 0 Å². The van der Waals surface area contributed by atoms with Crippen LogP contribution in [0, 0.1) is 5.82 Å². The highest BCUT2D eigenvalue weighted by molar-refractivity contribution is 5.22. The molecule has 4 heteroatoms. The van der Waals surface area contributed by atoms with Crippen molar-refractivity contribution in [3.05, 3.63) is 30.1 Å². The minimum absolute atomic E-state index is 0.0833. The van der Waals surface area contributed by atoms with Crippen LogP contribution < -0.4 is 10.5 Å². The molecule has 0 amide bonds. The largest absolute Gasteiger partial charge is 0.491 e. The summed E-state index contributed by atoms with van der Waals surface area (Å²) in [5.74, 6) is 0.0345. The number of hydrogen-bond acceptors (Lipinski definition) is 3. The first kappa shape index (κ1) is 9.95. The molecule has 0 aliphatic rings. The SMILES string of the molecule is NCC(O)COc1cccc(F)c1. The minimum atomic E-state index is -0.705. The fourth-order valence-corrected chi connectivity index (χ4v) is 0.817. The Hall–Kier alpha value is -1.13. The molecule has 1 unspecified atom stereocenters. The van der Waals surface area contributed by atoms with E-state index in [1.54, 1.807) is 12.1 Å². The second-order valence-electron chi connectivity index (χ2n) is 2.66. The summed E-state index contributed by atoms with van der Waals surface area (Å²) in [6.45, 7) is 0.218. The van der Waals surface area contributed by atoms with Crippen LogP contribution in [0.15, 0.2) is 24.3 Å². The first-order chi connectivity index (χ1) is 6.22. The summed E-state index contributed by atoms with van der Waals surface area (Å²) in [4.78, 5) is 0. The summed E-state index contributed by atoms with van der Waals surface area (Å²) in [6.07, 6.45) is -0.705. The predicted octanol–water partition coefficient (Wildman–Crippen LogP) is 0.524. The van der Waals surface area contributed by atoms with Crippen LogP contribution in [-0.2, 0) is 0 Å². The molecule has 72 valence electrons. The zero-order valence-electron chi connectivity index (χ0n) is 7.11. The van der Waals surface area contributed by atoms with Crippen LogP contribution in [-0.4, -0.2) is 24.4 Å². The third-order valence-electron chi connectivity index (χ3n) is 1.51. The molecular weight excluding hydrogens is 173 g/mol. The van der Waals surface area contributed by atoms with E-state index in [-0.39, 0.29) is 19.0 Å². The Morgan fingerprint density at radius 1 is 1.54 bits per heavy atom. The molecule has 0 bridgehead atoms. The monoisotopic (exact) mass is 185 g/mol. The predicted molar refractivity (Wildman–Crippen MR) is 47.0 cm³/mol. The average molecular weight is 185 g/mol. The van der Waals surface area contributed by atoms with Crippen molar-refractivity contribution in [1.82, 2.24) is 0 Å². The third-order valence-corrected chi connectivity index (χ3v) is 1.51. The first-order valence-electron chi connectivity index (χ1n) is 3.99. The summed E-state index contributed by atoms with van der Waals surface area (Å²) in [7, 11) is 0. The van der Waals surface area contributed by atoms with Gasteiger partial charge < -0.3 is 15.6 Å². The molecule has 0 aliphatic carbocycles. The minimum Gasteiger partial charge on any atom is -0.491 e. The summed E-state index contributed by atoms with van der Waals surface area (Å²) in [5, 5.41) is 9.04. The number of aliphatic hydroxyl groups is 1. The molecule has 1 aromatic rings. The van der Waals surface area contributed by atoms with E-state index in [9.17, 15) is 4.39 Å². The Morgan fingerprint density at radius 2 is 2.31 bits per heavy atom. The van der Waals surface area contributed by atoms with Crippen LogP contribution in [0.2, 0.25) is 0 Å². The molecule has 0 aromatic heterocycles. The molecular formula is C9H12FNO2. The summed E-state index contributed by atoms with van der Waals surface area (Å²) < 4.78 is 17.7. The summed E-state index contributed by atoms with van der Waals surface area (Å²) in [6, 6.07) is 5.74. The fourth-order valence-electron chi connectivity index (χ4n) is 0.817. The van der Waals surface area contributed by atoms with Crippen molar-refractivity contribution in [2.45, 2.75) is 6.10 Å². The summed E-state index contributed by atoms with van der Waals surface area (Å²) >= 11 is 0. The van der Waals surface area contributed by atoms with Gasteiger partial charge in [-0.25, -0.2) is 4.39 Å². The van der Waals surface area contributed by atoms with Crippen LogP contribution >= 0.6 is 0 Å². The van der Waals surface area contributed by atoms with Gasteiger partial charge in [-0.2, -0.15) is 0 Å². The van der Waals surface area contributed by atoms with Crippen LogP contribution in [0.25, 0.3) is 0 Å². The maximum absolute atomic E-state index is 12.6. The Labute approximate surface area is 75.9 Å². The Kier molecular flexibility index (Phi) is 3.67. The number of nitrogens with two attached hydrogens (primary N) is 1. The molecule has 0 heterocycles. The third kappa shape index (κ3) is 3.40. The van der Waals surface area contributed by atoms with Crippen molar-refractivity contribution >= 4 is 0 Å². The van der Waals surface area contributed by atoms with Gasteiger partial charge in [0.2, 0.25) is 0 Å². The second kappa shape index (κ2) is 4.79. The number of hydrogen-bond donors (Lipinski definition) is 2. The molecule has 0 spiro atoms. The van der Waals surface area contributed by atoms with Crippen molar-refractivity contribution < 1.29 is 14.2 Å². The molecule has 13 heavy (non-hydrogen) atoms. The van der Waals surface area contributed by atoms with Gasteiger partial charge in [-0.3, -0.25) is 0 Å². The van der Waals surface area contributed by atoms with Crippen molar-refractivity contribution in [2.24, 2.45) is 5.73 Å². The van der Waals surface area contributed by atoms with Crippen LogP contribution in [0.3, 0.4) is 0 Å². The zero-order valence-corrected chi connectivity index (χ0v) is 7.11. The van der Waals surface area contributed by atoms with Crippen molar-refractivity contribution in [3.8, 4) is 5.75 Å². The second-order valence-corrected chi connectivity index (χ2v) is 2.66. The Morgan fingerprint density at radius 3 is 2.92 bits per heavy atom. The molecule has 1 aromatic carbocycles. The lowest BCUT2D eigenvalue weighted by Gasteiger charge is -2.09. The molecule has 1 atom stereocenters. The number of ether oxygens (including phenoxy) is 1. The van der Waals surface area contributed by atoms with E-state index in [1.807, 2.05) is 0 Å². The molecule has 3 nitrogen and oxygen atoms in total. The van der Waals surface area contributed by atoms with Gasteiger partial charge in [-0.1, -0.05) is 6.07 Å². The highest BCUT2D eigenvalue weighted by Gasteiger charge is 2.02. The van der Waals surface area contributed by atoms with E-state index in [4.69, 9.17) is 15.6 Å². The zero-order chi connectivity index (χ0) is 9.68. The molecule has 0 saturated carbocycles. The van der Waals surface area contributed by atoms with E-state index in [0.29, 0.717) is 5.75 Å². The van der Waals surface area contributed by atoms with Gasteiger partial charge in [-0.05, 0) is 12.1 Å². The Bertz CT molecular complexity index is 268. The van der Waals surface area contributed by atoms with E-state index in [1.165, 1.54) is 12.1 Å². The molecule has 0 radical (unpaired) electrons. The van der Waals surface area contributed by atoms with E-state index in [0.717, 1.165) is 0 Å². The van der Waals surface area contributed by atoms with Crippen molar-refractivity contribution in [1.29, 1.82) is 0 Å². The molecule has 3 N–H and O–H groups in total. The lowest BCUT2D eigenvalue weighted by Crippen LogP contribution is -2.26. The van der Waals surface area contributed by atoms with Gasteiger partial charge in [0.1, 0.15) is 24.3 Å². The Balaban J connectivity index is 2.45. The number of rotatable bonds is 4. The molecule has 0 fully saturated rings. The van der Waals surface area contributed by atoms with Gasteiger partial charge in [-0.15, -0.1) is 0 Å². The smallest absolute Gasteiger partial charge is 0.126 e. The topological polar surface area (TPSA) is 55.5 Å². The standard InChI is InChI=1S/C9H12FNO2/c10-7-2-1-3-9(4-7)13-6-8(12)5-11/h1-4,8,12H,5-6,11H2. The van der Waals surface area contributed by atoms with Crippen molar-refractivity contribution in [2.75, 3.05) is 13.2 Å². The van der Waals surface area contributed by atoms with Gasteiger partial charge in [0.25, 0.3) is 0 Å². The number of aliphatic hydroxyl groups excluding tert-OH is 1. The number of halogens is 1. The normalized spacial score (nSPS) is 12.5. The number of benzene rings is 1. The van der Waals surface area contributed by atoms with Crippen LogP contribution in [0.1, 0.15) is 0 Å². The van der Waals surface area contributed by atoms with Gasteiger partial charge in [0.15, 0.2) is 0 Å². The van der Waals surface area contributed by atoms with Gasteiger partial charge >= 0.3 is 0 Å². The van der Waals surface area contributed by atoms with E-state index < -0.39 is 6.10 Å². The van der Waals surface area contributed by atoms with Crippen LogP contribution in [0.5, 0.6) is 5.75 Å². The quantitative estimate of drug-likeness (QED) is 0.719. The summed E-state index contributed by atoms with van der Waals surface area (Å²) in [5.41, 5.74) is 5.16. The van der Waals surface area contributed by atoms with Crippen molar-refractivity contribution in [3.63, 3.8) is 0 Å². The lowest BCUT2D eigenvalue weighted by molar-refractivity contribution is 0.114. The first-order valence-corrected chi connectivity index (χ1v) is 3.99. The van der Waals surface area contributed by atoms with Gasteiger partial charge in [0, 0.05) is 12.6 Å².